The van der Waals surface area contributed by atoms with Gasteiger partial charge in [-0.3, -0.25) is 0 Å². The topological polar surface area (TPSA) is 0 Å². The monoisotopic (exact) mass is 418 g/mol. The zero-order chi connectivity index (χ0) is 21.7. The molecule has 0 aromatic heterocycles. The molecule has 0 N–H and O–H groups in total. The van der Waals surface area contributed by atoms with E-state index in [1.807, 2.05) is 12.1 Å². The van der Waals surface area contributed by atoms with Gasteiger partial charge < -0.3 is 0 Å². The van der Waals surface area contributed by atoms with E-state index in [0.717, 1.165) is 43.4 Å². The molecule has 5 heteroatoms. The predicted octanol–water partition coefficient (Wildman–Crippen LogP) is 7.57. The maximum atomic E-state index is 14.7. The van der Waals surface area contributed by atoms with Crippen molar-refractivity contribution >= 4 is 0 Å². The Hall–Kier alpha value is -2.69. The highest BCUT2D eigenvalue weighted by molar-refractivity contribution is 5.65. The first-order valence-corrected chi connectivity index (χ1v) is 10.1. The minimum absolute atomic E-state index is 0.0317. The summed E-state index contributed by atoms with van der Waals surface area (Å²) in [6, 6.07) is 12.1. The number of hydrogen-bond acceptors (Lipinski definition) is 0. The summed E-state index contributed by atoms with van der Waals surface area (Å²) < 4.78 is 68.9. The van der Waals surface area contributed by atoms with E-state index in [1.54, 1.807) is 12.1 Å². The van der Waals surface area contributed by atoms with Crippen molar-refractivity contribution in [3.05, 3.63) is 94.3 Å². The summed E-state index contributed by atoms with van der Waals surface area (Å²) in [6.07, 6.45) is 4.42. The first-order valence-electron chi connectivity index (χ1n) is 10.1. The molecule has 0 fully saturated rings. The third-order valence-corrected chi connectivity index (χ3v) is 5.22. The molecule has 0 aliphatic heterocycles. The molecule has 3 rings (SSSR count). The van der Waals surface area contributed by atoms with E-state index in [9.17, 15) is 22.0 Å². The van der Waals surface area contributed by atoms with E-state index in [4.69, 9.17) is 0 Å². The molecule has 3 aromatic carbocycles. The zero-order valence-corrected chi connectivity index (χ0v) is 16.8. The fourth-order valence-corrected chi connectivity index (χ4v) is 3.47. The van der Waals surface area contributed by atoms with Gasteiger partial charge in [0, 0.05) is 5.56 Å². The van der Waals surface area contributed by atoms with Crippen LogP contribution >= 0.6 is 0 Å². The predicted molar refractivity (Wildman–Crippen MR) is 109 cm³/mol. The first kappa shape index (κ1) is 22.0. The second-order valence-electron chi connectivity index (χ2n) is 7.43. The highest BCUT2D eigenvalue weighted by Gasteiger charge is 2.16. The molecule has 0 spiro atoms. The summed E-state index contributed by atoms with van der Waals surface area (Å²) in [7, 11) is 0. The van der Waals surface area contributed by atoms with E-state index in [2.05, 4.69) is 6.92 Å². The highest BCUT2D eigenvalue weighted by Crippen LogP contribution is 2.28. The fourth-order valence-electron chi connectivity index (χ4n) is 3.47. The van der Waals surface area contributed by atoms with E-state index >= 15 is 0 Å². The van der Waals surface area contributed by atoms with Gasteiger partial charge in [-0.15, -0.1) is 0 Å². The Labute approximate surface area is 173 Å². The summed E-state index contributed by atoms with van der Waals surface area (Å²) in [6.45, 7) is 2.14. The molecule has 30 heavy (non-hydrogen) atoms. The van der Waals surface area contributed by atoms with Crippen molar-refractivity contribution in [2.24, 2.45) is 0 Å². The lowest BCUT2D eigenvalue weighted by molar-refractivity contribution is 0.445. The average molecular weight is 418 g/mol. The summed E-state index contributed by atoms with van der Waals surface area (Å²) in [5.41, 5.74) is 2.17. The molecule has 158 valence electrons. The lowest BCUT2D eigenvalue weighted by atomic mass is 9.97. The Bertz CT molecular complexity index is 986. The van der Waals surface area contributed by atoms with Gasteiger partial charge in [-0.25, -0.2) is 22.0 Å². The van der Waals surface area contributed by atoms with Gasteiger partial charge in [0.05, 0.1) is 0 Å². The number of halogens is 5. The van der Waals surface area contributed by atoms with Crippen molar-refractivity contribution in [3.63, 3.8) is 0 Å². The van der Waals surface area contributed by atoms with Gasteiger partial charge in [-0.2, -0.15) is 0 Å². The number of aryl methyl sites for hydroxylation is 3. The van der Waals surface area contributed by atoms with Crippen LogP contribution < -0.4 is 0 Å². The van der Waals surface area contributed by atoms with E-state index in [1.165, 1.54) is 12.1 Å². The van der Waals surface area contributed by atoms with Crippen LogP contribution in [-0.4, -0.2) is 0 Å². The van der Waals surface area contributed by atoms with Crippen LogP contribution in [0.25, 0.3) is 11.1 Å². The van der Waals surface area contributed by atoms with E-state index in [-0.39, 0.29) is 29.5 Å². The van der Waals surface area contributed by atoms with Crippen molar-refractivity contribution in [1.29, 1.82) is 0 Å². The fraction of sp³-hybridized carbons (Fsp3) is 0.280. The van der Waals surface area contributed by atoms with Crippen LogP contribution in [0.5, 0.6) is 0 Å². The molecule has 0 bridgehead atoms. The van der Waals surface area contributed by atoms with Crippen molar-refractivity contribution in [1.82, 2.24) is 0 Å². The second-order valence-corrected chi connectivity index (χ2v) is 7.43. The zero-order valence-electron chi connectivity index (χ0n) is 16.8. The molecule has 0 radical (unpaired) electrons. The maximum absolute atomic E-state index is 14.7. The van der Waals surface area contributed by atoms with Crippen LogP contribution in [0, 0.1) is 29.1 Å². The van der Waals surface area contributed by atoms with Gasteiger partial charge in [0.25, 0.3) is 0 Å². The molecule has 0 nitrogen and oxygen atoms in total. The van der Waals surface area contributed by atoms with Gasteiger partial charge in [0.2, 0.25) is 0 Å². The Balaban J connectivity index is 1.74. The first-order chi connectivity index (χ1) is 14.4. The van der Waals surface area contributed by atoms with Crippen molar-refractivity contribution in [2.45, 2.75) is 45.4 Å². The lowest BCUT2D eigenvalue weighted by Crippen LogP contribution is -2.01. The smallest absolute Gasteiger partial charge is 0.194 e. The van der Waals surface area contributed by atoms with E-state index in [0.29, 0.717) is 5.56 Å². The molecule has 0 unspecified atom stereocenters. The highest BCUT2D eigenvalue weighted by atomic mass is 19.2. The van der Waals surface area contributed by atoms with E-state index < -0.39 is 29.1 Å². The molecule has 0 aliphatic carbocycles. The minimum atomic E-state index is -1.54. The molecule has 3 aromatic rings. The van der Waals surface area contributed by atoms with Gasteiger partial charge in [0.15, 0.2) is 29.1 Å². The number of benzene rings is 3. The summed E-state index contributed by atoms with van der Waals surface area (Å²) in [4.78, 5) is 0. The van der Waals surface area contributed by atoms with Crippen molar-refractivity contribution in [3.8, 4) is 11.1 Å². The quantitative estimate of drug-likeness (QED) is 0.201. The normalized spacial score (nSPS) is 11.1. The molecule has 0 saturated carbocycles. The number of hydrogen-bond donors (Lipinski definition) is 0. The molecule has 0 aliphatic rings. The van der Waals surface area contributed by atoms with Crippen LogP contribution in [0.15, 0.2) is 48.5 Å². The Morgan fingerprint density at radius 3 is 1.90 bits per heavy atom. The number of rotatable bonds is 8. The lowest BCUT2D eigenvalue weighted by Gasteiger charge is -2.10. The summed E-state index contributed by atoms with van der Waals surface area (Å²) in [5.74, 6) is -6.09. The van der Waals surface area contributed by atoms with Crippen LogP contribution in [0.4, 0.5) is 22.0 Å². The third kappa shape index (κ3) is 5.07. The molecule has 0 heterocycles. The van der Waals surface area contributed by atoms with Crippen LogP contribution in [0.3, 0.4) is 0 Å². The Kier molecular flexibility index (Phi) is 7.24. The Morgan fingerprint density at radius 2 is 1.27 bits per heavy atom. The standard InChI is InChI=1S/C25H23F5/c1-2-3-4-5-16-6-9-18(10-7-16)20-13-12-19(23(28)24(20)29)11-8-17-14-21(26)25(30)22(27)15-17/h6-7,9-10,12-15H,2-5,8,11H2,1H3. The second kappa shape index (κ2) is 9.88. The average Bonchev–Trinajstić information content (AvgIpc) is 2.74. The van der Waals surface area contributed by atoms with Crippen LogP contribution in [0.2, 0.25) is 0 Å². The van der Waals surface area contributed by atoms with Gasteiger partial charge in [0.1, 0.15) is 0 Å². The van der Waals surface area contributed by atoms with Gasteiger partial charge in [-0.05, 0) is 60.1 Å². The van der Waals surface area contributed by atoms with Crippen molar-refractivity contribution in [2.75, 3.05) is 0 Å². The van der Waals surface area contributed by atoms with Crippen molar-refractivity contribution < 1.29 is 22.0 Å². The Morgan fingerprint density at radius 1 is 0.600 bits per heavy atom. The molecule has 0 saturated heterocycles. The molecular formula is C25H23F5. The largest absolute Gasteiger partial charge is 0.204 e. The summed E-state index contributed by atoms with van der Waals surface area (Å²) >= 11 is 0. The van der Waals surface area contributed by atoms with Gasteiger partial charge >= 0.3 is 0 Å². The third-order valence-electron chi connectivity index (χ3n) is 5.22. The SMILES string of the molecule is CCCCCc1ccc(-c2ccc(CCc3cc(F)c(F)c(F)c3)c(F)c2F)cc1. The minimum Gasteiger partial charge on any atom is -0.204 e. The van der Waals surface area contributed by atoms with Crippen LogP contribution in [-0.2, 0) is 19.3 Å². The molecular weight excluding hydrogens is 395 g/mol. The molecule has 0 atom stereocenters. The maximum Gasteiger partial charge on any atom is 0.194 e. The summed E-state index contributed by atoms with van der Waals surface area (Å²) in [5, 5.41) is 0. The van der Waals surface area contributed by atoms with Gasteiger partial charge in [-0.1, -0.05) is 56.2 Å². The molecule has 0 amide bonds. The number of unbranched alkanes of at least 4 members (excludes halogenated alkanes) is 2. The van der Waals surface area contributed by atoms with Crippen LogP contribution in [0.1, 0.15) is 42.9 Å².